The minimum atomic E-state index is -1.02. The second kappa shape index (κ2) is 4.09. The van der Waals surface area contributed by atoms with E-state index in [4.69, 9.17) is 5.11 Å². The minimum absolute atomic E-state index is 0.00167. The van der Waals surface area contributed by atoms with Gasteiger partial charge in [0, 0.05) is 18.8 Å². The quantitative estimate of drug-likeness (QED) is 0.856. The van der Waals surface area contributed by atoms with Crippen LogP contribution in [0.25, 0.3) is 0 Å². The van der Waals surface area contributed by atoms with Crippen molar-refractivity contribution in [2.45, 2.75) is 12.3 Å². The van der Waals surface area contributed by atoms with E-state index in [1.165, 1.54) is 16.2 Å². The topological polar surface area (TPSA) is 59.3 Å². The second-order valence-electron chi connectivity index (χ2n) is 4.85. The van der Waals surface area contributed by atoms with Crippen molar-refractivity contribution in [1.29, 1.82) is 0 Å². The lowest BCUT2D eigenvalue weighted by molar-refractivity contribution is 0.0686. The van der Waals surface area contributed by atoms with E-state index < -0.39 is 5.97 Å². The van der Waals surface area contributed by atoms with Gasteiger partial charge in [0.1, 0.15) is 5.69 Å². The Morgan fingerprint density at radius 2 is 2.05 bits per heavy atom. The molecular formula is C15H13NO3. The fourth-order valence-electron chi connectivity index (χ4n) is 2.61. The molecule has 96 valence electrons. The van der Waals surface area contributed by atoms with E-state index in [0.29, 0.717) is 5.56 Å². The summed E-state index contributed by atoms with van der Waals surface area (Å²) in [6.07, 6.45) is 2.33. The van der Waals surface area contributed by atoms with Crippen LogP contribution in [0, 0.1) is 0 Å². The van der Waals surface area contributed by atoms with Gasteiger partial charge in [-0.2, -0.15) is 0 Å². The van der Waals surface area contributed by atoms with Gasteiger partial charge in [-0.1, -0.05) is 24.3 Å². The fourth-order valence-corrected chi connectivity index (χ4v) is 2.61. The number of aryl methyl sites for hydroxylation is 1. The van der Waals surface area contributed by atoms with E-state index in [1.807, 2.05) is 24.3 Å². The predicted octanol–water partition coefficient (Wildman–Crippen LogP) is 2.25. The number of carbonyl (C=O) groups excluding carboxylic acids is 1. The third-order valence-electron chi connectivity index (χ3n) is 3.68. The van der Waals surface area contributed by atoms with E-state index in [-0.39, 0.29) is 17.4 Å². The summed E-state index contributed by atoms with van der Waals surface area (Å²) in [6.45, 7) is 0. The van der Waals surface area contributed by atoms with Crippen LogP contribution < -0.4 is 0 Å². The average molecular weight is 255 g/mol. The van der Waals surface area contributed by atoms with Gasteiger partial charge >= 0.3 is 5.97 Å². The van der Waals surface area contributed by atoms with E-state index >= 15 is 0 Å². The maximum atomic E-state index is 12.4. The zero-order valence-electron chi connectivity index (χ0n) is 10.5. The molecule has 0 saturated heterocycles. The van der Waals surface area contributed by atoms with Crippen molar-refractivity contribution in [3.8, 4) is 0 Å². The summed E-state index contributed by atoms with van der Waals surface area (Å²) in [6, 6.07) is 9.32. The Kier molecular flexibility index (Phi) is 2.52. The lowest BCUT2D eigenvalue weighted by atomic mass is 9.74. The molecule has 0 bridgehead atoms. The van der Waals surface area contributed by atoms with Crippen LogP contribution in [0.2, 0.25) is 0 Å². The van der Waals surface area contributed by atoms with Gasteiger partial charge in [0.15, 0.2) is 5.78 Å². The van der Waals surface area contributed by atoms with Crippen LogP contribution in [0.4, 0.5) is 0 Å². The third kappa shape index (κ3) is 1.76. The summed E-state index contributed by atoms with van der Waals surface area (Å²) in [5.74, 6) is -1.14. The highest BCUT2D eigenvalue weighted by molar-refractivity contribution is 6.04. The molecule has 19 heavy (non-hydrogen) atoms. The van der Waals surface area contributed by atoms with Gasteiger partial charge in [-0.15, -0.1) is 0 Å². The summed E-state index contributed by atoms with van der Waals surface area (Å²) in [4.78, 5) is 23.3. The van der Waals surface area contributed by atoms with Gasteiger partial charge in [0.05, 0.1) is 5.92 Å². The number of hydrogen-bond donors (Lipinski definition) is 1. The van der Waals surface area contributed by atoms with Crippen LogP contribution in [0.15, 0.2) is 36.5 Å². The molecule has 4 heteroatoms. The molecule has 1 aliphatic rings. The number of fused-ring (bicyclic) bond motifs is 1. The Bertz CT molecular complexity index is 684. The van der Waals surface area contributed by atoms with Crippen LogP contribution in [-0.2, 0) is 13.5 Å². The van der Waals surface area contributed by atoms with Crippen LogP contribution >= 0.6 is 0 Å². The zero-order chi connectivity index (χ0) is 13.6. The summed E-state index contributed by atoms with van der Waals surface area (Å²) >= 11 is 0. The molecule has 4 nitrogen and oxygen atoms in total. The van der Waals surface area contributed by atoms with Gasteiger partial charge in [-0.3, -0.25) is 4.79 Å². The highest BCUT2D eigenvalue weighted by Gasteiger charge is 2.33. The molecule has 3 rings (SSSR count). The molecule has 1 aromatic carbocycles. The average Bonchev–Trinajstić information content (AvgIpc) is 2.73. The zero-order valence-corrected chi connectivity index (χ0v) is 10.5. The van der Waals surface area contributed by atoms with Gasteiger partial charge < -0.3 is 9.67 Å². The minimum Gasteiger partial charge on any atom is -0.477 e. The van der Waals surface area contributed by atoms with Crippen LogP contribution in [0.1, 0.15) is 37.9 Å². The number of carboxylic acid groups (broad SMARTS) is 1. The fraction of sp³-hybridized carbons (Fsp3) is 0.200. The number of ketones is 1. The maximum absolute atomic E-state index is 12.4. The smallest absolute Gasteiger partial charge is 0.352 e. The molecule has 0 aliphatic heterocycles. The van der Waals surface area contributed by atoms with Crippen molar-refractivity contribution in [2.24, 2.45) is 7.05 Å². The molecule has 1 aliphatic carbocycles. The number of rotatable bonds is 3. The Morgan fingerprint density at radius 3 is 2.68 bits per heavy atom. The number of aromatic carboxylic acids is 1. The van der Waals surface area contributed by atoms with E-state index in [2.05, 4.69) is 0 Å². The molecule has 0 amide bonds. The molecule has 0 saturated carbocycles. The Labute approximate surface area is 110 Å². The molecule has 1 aromatic heterocycles. The van der Waals surface area contributed by atoms with Crippen LogP contribution in [0.5, 0.6) is 0 Å². The number of nitrogens with zero attached hydrogens (tertiary/aromatic N) is 1. The molecule has 1 unspecified atom stereocenters. The summed E-state index contributed by atoms with van der Waals surface area (Å²) in [5, 5.41) is 9.00. The molecule has 0 spiro atoms. The molecule has 2 aromatic rings. The molecule has 1 N–H and O–H groups in total. The number of benzene rings is 1. The van der Waals surface area contributed by atoms with Gasteiger partial charge in [0.25, 0.3) is 0 Å². The number of hydrogen-bond acceptors (Lipinski definition) is 2. The van der Waals surface area contributed by atoms with Crippen molar-refractivity contribution in [2.75, 3.05) is 0 Å². The van der Waals surface area contributed by atoms with Crippen molar-refractivity contribution < 1.29 is 14.7 Å². The van der Waals surface area contributed by atoms with Gasteiger partial charge in [-0.25, -0.2) is 4.79 Å². The van der Waals surface area contributed by atoms with Crippen molar-refractivity contribution in [1.82, 2.24) is 4.57 Å². The lowest BCUT2D eigenvalue weighted by Crippen LogP contribution is -2.24. The summed E-state index contributed by atoms with van der Waals surface area (Å²) in [7, 11) is 1.63. The largest absolute Gasteiger partial charge is 0.477 e. The predicted molar refractivity (Wildman–Crippen MR) is 69.6 cm³/mol. The number of carbonyl (C=O) groups is 2. The first-order chi connectivity index (χ1) is 9.08. The number of Topliss-reactive ketones (excluding diaryl/α,β-unsaturated/α-hetero) is 1. The highest BCUT2D eigenvalue weighted by Crippen LogP contribution is 2.37. The molecular weight excluding hydrogens is 242 g/mol. The van der Waals surface area contributed by atoms with E-state index in [1.54, 1.807) is 13.2 Å². The monoisotopic (exact) mass is 255 g/mol. The summed E-state index contributed by atoms with van der Waals surface area (Å²) in [5.41, 5.74) is 2.87. The summed E-state index contributed by atoms with van der Waals surface area (Å²) < 4.78 is 1.47. The SMILES string of the molecule is Cn1cc(C(=O)C2Cc3ccccc32)cc1C(=O)O. The molecule has 0 fully saturated rings. The second-order valence-corrected chi connectivity index (χ2v) is 4.85. The van der Waals surface area contributed by atoms with Gasteiger partial charge in [-0.05, 0) is 23.6 Å². The van der Waals surface area contributed by atoms with Crippen molar-refractivity contribution >= 4 is 11.8 Å². The Balaban J connectivity index is 1.91. The van der Waals surface area contributed by atoms with E-state index in [9.17, 15) is 9.59 Å². The first kappa shape index (κ1) is 11.7. The first-order valence-electron chi connectivity index (χ1n) is 6.09. The van der Waals surface area contributed by atoms with Crippen molar-refractivity contribution in [3.05, 3.63) is 58.9 Å². The van der Waals surface area contributed by atoms with Crippen LogP contribution in [0.3, 0.4) is 0 Å². The standard InChI is InChI=1S/C15H13NO3/c1-16-8-10(7-13(16)15(18)19)14(17)12-6-9-4-2-3-5-11(9)12/h2-5,7-8,12H,6H2,1H3,(H,18,19). The Morgan fingerprint density at radius 1 is 1.32 bits per heavy atom. The normalized spacial score (nSPS) is 16.6. The lowest BCUT2D eigenvalue weighted by Gasteiger charge is -2.28. The maximum Gasteiger partial charge on any atom is 0.352 e. The van der Waals surface area contributed by atoms with Crippen LogP contribution in [-0.4, -0.2) is 21.4 Å². The molecule has 1 atom stereocenters. The van der Waals surface area contributed by atoms with Crippen molar-refractivity contribution in [3.63, 3.8) is 0 Å². The molecule has 1 heterocycles. The van der Waals surface area contributed by atoms with E-state index in [0.717, 1.165) is 12.0 Å². The first-order valence-corrected chi connectivity index (χ1v) is 6.09. The Hall–Kier alpha value is -2.36. The van der Waals surface area contributed by atoms with Gasteiger partial charge in [0.2, 0.25) is 0 Å². The molecule has 0 radical (unpaired) electrons. The third-order valence-corrected chi connectivity index (χ3v) is 3.68. The number of aromatic nitrogens is 1. The highest BCUT2D eigenvalue weighted by atomic mass is 16.4. The number of carboxylic acids is 1.